The topological polar surface area (TPSA) is 28.2 Å². The molecule has 1 N–H and O–H groups in total. The highest BCUT2D eigenvalue weighted by Crippen LogP contribution is 2.34. The van der Waals surface area contributed by atoms with E-state index in [1.807, 2.05) is 25.5 Å². The van der Waals surface area contributed by atoms with Crippen LogP contribution in [0.3, 0.4) is 0 Å². The van der Waals surface area contributed by atoms with Crippen molar-refractivity contribution in [1.82, 2.24) is 15.2 Å². The Morgan fingerprint density at radius 3 is 2.67 bits per heavy atom. The largest absolute Gasteiger partial charge is 0.318 e. The molecule has 0 aromatic carbocycles. The van der Waals surface area contributed by atoms with Gasteiger partial charge in [0.25, 0.3) is 0 Å². The molecule has 2 rings (SSSR count). The molecule has 4 heteroatoms. The van der Waals surface area contributed by atoms with Gasteiger partial charge in [0, 0.05) is 25.5 Å². The minimum atomic E-state index is 0. The van der Waals surface area contributed by atoms with E-state index < -0.39 is 0 Å². The van der Waals surface area contributed by atoms with Crippen molar-refractivity contribution in [3.8, 4) is 0 Å². The number of rotatable bonds is 4. The van der Waals surface area contributed by atoms with Crippen molar-refractivity contribution in [2.75, 3.05) is 33.2 Å². The first kappa shape index (κ1) is 15.4. The van der Waals surface area contributed by atoms with E-state index >= 15 is 0 Å². The Labute approximate surface area is 116 Å². The molecule has 1 aliphatic heterocycles. The standard InChI is InChI=1S/C14H23N3.ClH/c1-14(13-4-3-7-16-12-13)5-9-17(10-6-14)11-8-15-2;/h3-4,7,12,15H,5-6,8-11H2,1-2H3;1H. The molecule has 0 amide bonds. The van der Waals surface area contributed by atoms with Crippen LogP contribution in [0, 0.1) is 0 Å². The summed E-state index contributed by atoms with van der Waals surface area (Å²) in [7, 11) is 2.02. The second-order valence-corrected chi connectivity index (χ2v) is 5.25. The molecule has 0 saturated carbocycles. The van der Waals surface area contributed by atoms with Gasteiger partial charge in [0.15, 0.2) is 0 Å². The third-order valence-corrected chi connectivity index (χ3v) is 4.00. The molecule has 0 spiro atoms. The number of hydrogen-bond donors (Lipinski definition) is 1. The Bertz CT molecular complexity index is 334. The van der Waals surface area contributed by atoms with E-state index in [1.54, 1.807) is 0 Å². The number of pyridine rings is 1. The molecule has 1 aromatic rings. The predicted molar refractivity (Wildman–Crippen MR) is 78.4 cm³/mol. The maximum Gasteiger partial charge on any atom is 0.0305 e. The SMILES string of the molecule is CNCCN1CCC(C)(c2cccnc2)CC1.Cl. The lowest BCUT2D eigenvalue weighted by atomic mass is 9.75. The van der Waals surface area contributed by atoms with Crippen LogP contribution in [-0.2, 0) is 5.41 Å². The summed E-state index contributed by atoms with van der Waals surface area (Å²) in [5.74, 6) is 0. The smallest absolute Gasteiger partial charge is 0.0305 e. The van der Waals surface area contributed by atoms with Crippen LogP contribution in [-0.4, -0.2) is 43.1 Å². The average molecular weight is 270 g/mol. The van der Waals surface area contributed by atoms with E-state index in [-0.39, 0.29) is 12.4 Å². The van der Waals surface area contributed by atoms with Gasteiger partial charge >= 0.3 is 0 Å². The maximum absolute atomic E-state index is 4.25. The zero-order chi connectivity index (χ0) is 12.1. The van der Waals surface area contributed by atoms with Gasteiger partial charge in [-0.25, -0.2) is 0 Å². The van der Waals surface area contributed by atoms with Crippen LogP contribution >= 0.6 is 12.4 Å². The monoisotopic (exact) mass is 269 g/mol. The lowest BCUT2D eigenvalue weighted by Gasteiger charge is -2.39. The second-order valence-electron chi connectivity index (χ2n) is 5.25. The summed E-state index contributed by atoms with van der Waals surface area (Å²) in [4.78, 5) is 6.80. The molecular formula is C14H24ClN3. The van der Waals surface area contributed by atoms with E-state index in [4.69, 9.17) is 0 Å². The highest BCUT2D eigenvalue weighted by Gasteiger charge is 2.31. The number of piperidine rings is 1. The molecule has 1 aromatic heterocycles. The van der Waals surface area contributed by atoms with Gasteiger partial charge in [-0.15, -0.1) is 12.4 Å². The predicted octanol–water partition coefficient (Wildman–Crippen LogP) is 2.08. The Morgan fingerprint density at radius 1 is 1.39 bits per heavy atom. The highest BCUT2D eigenvalue weighted by molar-refractivity contribution is 5.85. The average Bonchev–Trinajstić information content (AvgIpc) is 2.39. The normalized spacial score (nSPS) is 19.2. The maximum atomic E-state index is 4.25. The van der Waals surface area contributed by atoms with Crippen molar-refractivity contribution >= 4 is 12.4 Å². The molecule has 1 fully saturated rings. The van der Waals surface area contributed by atoms with Crippen molar-refractivity contribution in [1.29, 1.82) is 0 Å². The molecule has 1 aliphatic rings. The molecule has 0 unspecified atom stereocenters. The van der Waals surface area contributed by atoms with Gasteiger partial charge in [0.2, 0.25) is 0 Å². The first-order chi connectivity index (χ1) is 8.24. The van der Waals surface area contributed by atoms with E-state index in [0.29, 0.717) is 5.41 Å². The summed E-state index contributed by atoms with van der Waals surface area (Å²) < 4.78 is 0. The van der Waals surface area contributed by atoms with Crippen LogP contribution in [0.5, 0.6) is 0 Å². The fourth-order valence-corrected chi connectivity index (χ4v) is 2.55. The second kappa shape index (κ2) is 7.07. The summed E-state index contributed by atoms with van der Waals surface area (Å²) >= 11 is 0. The van der Waals surface area contributed by atoms with E-state index in [0.717, 1.165) is 6.54 Å². The summed E-state index contributed by atoms with van der Waals surface area (Å²) in [5.41, 5.74) is 1.72. The molecule has 0 aliphatic carbocycles. The number of aromatic nitrogens is 1. The number of likely N-dealkylation sites (tertiary alicyclic amines) is 1. The third kappa shape index (κ3) is 3.67. The van der Waals surface area contributed by atoms with Crippen molar-refractivity contribution in [2.45, 2.75) is 25.2 Å². The van der Waals surface area contributed by atoms with Gasteiger partial charge in [-0.05, 0) is 50.0 Å². The van der Waals surface area contributed by atoms with Crippen LogP contribution in [0.1, 0.15) is 25.3 Å². The number of hydrogen-bond acceptors (Lipinski definition) is 3. The molecule has 2 heterocycles. The van der Waals surface area contributed by atoms with Gasteiger partial charge in [-0.1, -0.05) is 13.0 Å². The fraction of sp³-hybridized carbons (Fsp3) is 0.643. The molecule has 1 saturated heterocycles. The number of halogens is 1. The van der Waals surface area contributed by atoms with Crippen LogP contribution in [0.2, 0.25) is 0 Å². The molecule has 0 atom stereocenters. The van der Waals surface area contributed by atoms with Crippen molar-refractivity contribution in [3.63, 3.8) is 0 Å². The molecule has 0 radical (unpaired) electrons. The number of nitrogens with zero attached hydrogens (tertiary/aromatic N) is 2. The van der Waals surface area contributed by atoms with Crippen LogP contribution in [0.4, 0.5) is 0 Å². The zero-order valence-electron chi connectivity index (χ0n) is 11.4. The summed E-state index contributed by atoms with van der Waals surface area (Å²) in [6, 6.07) is 4.27. The lowest BCUT2D eigenvalue weighted by molar-refractivity contribution is 0.170. The van der Waals surface area contributed by atoms with E-state index in [9.17, 15) is 0 Å². The summed E-state index contributed by atoms with van der Waals surface area (Å²) in [6.45, 7) is 7.03. The van der Waals surface area contributed by atoms with Crippen LogP contribution in [0.15, 0.2) is 24.5 Å². The number of nitrogens with one attached hydrogen (secondary N) is 1. The molecular weight excluding hydrogens is 246 g/mol. The third-order valence-electron chi connectivity index (χ3n) is 4.00. The van der Waals surface area contributed by atoms with Crippen molar-refractivity contribution in [2.24, 2.45) is 0 Å². The Kier molecular flexibility index (Phi) is 6.06. The molecule has 3 nitrogen and oxygen atoms in total. The minimum Gasteiger partial charge on any atom is -0.318 e. The minimum absolute atomic E-state index is 0. The molecule has 102 valence electrons. The van der Waals surface area contributed by atoms with E-state index in [1.165, 1.54) is 38.0 Å². The summed E-state index contributed by atoms with van der Waals surface area (Å²) in [6.07, 6.45) is 6.36. The van der Waals surface area contributed by atoms with Gasteiger partial charge in [0.1, 0.15) is 0 Å². The zero-order valence-corrected chi connectivity index (χ0v) is 12.2. The quantitative estimate of drug-likeness (QED) is 0.907. The highest BCUT2D eigenvalue weighted by atomic mass is 35.5. The summed E-state index contributed by atoms with van der Waals surface area (Å²) in [5, 5.41) is 3.22. The Hall–Kier alpha value is -0.640. The first-order valence-electron chi connectivity index (χ1n) is 6.52. The van der Waals surface area contributed by atoms with Gasteiger partial charge in [-0.3, -0.25) is 4.98 Å². The van der Waals surface area contributed by atoms with Gasteiger partial charge < -0.3 is 10.2 Å². The molecule has 18 heavy (non-hydrogen) atoms. The fourth-order valence-electron chi connectivity index (χ4n) is 2.55. The van der Waals surface area contributed by atoms with Gasteiger partial charge in [0.05, 0.1) is 0 Å². The number of likely N-dealkylation sites (N-methyl/N-ethyl adjacent to an activating group) is 1. The Morgan fingerprint density at radius 2 is 2.11 bits per heavy atom. The Balaban J connectivity index is 0.00000162. The van der Waals surface area contributed by atoms with E-state index in [2.05, 4.69) is 28.2 Å². The lowest BCUT2D eigenvalue weighted by Crippen LogP contribution is -2.43. The van der Waals surface area contributed by atoms with Crippen LogP contribution in [0.25, 0.3) is 0 Å². The van der Waals surface area contributed by atoms with Crippen LogP contribution < -0.4 is 5.32 Å². The first-order valence-corrected chi connectivity index (χ1v) is 6.52. The van der Waals surface area contributed by atoms with Crippen molar-refractivity contribution in [3.05, 3.63) is 30.1 Å². The van der Waals surface area contributed by atoms with Crippen molar-refractivity contribution < 1.29 is 0 Å². The molecule has 0 bridgehead atoms. The van der Waals surface area contributed by atoms with Gasteiger partial charge in [-0.2, -0.15) is 0 Å².